The fraction of sp³-hybridized carbons (Fsp3) is 0.259. The molecule has 2 aromatic carbocycles. The highest BCUT2D eigenvalue weighted by atomic mass is 16.5. The van der Waals surface area contributed by atoms with Gasteiger partial charge in [0.05, 0.1) is 32.4 Å². The largest absolute Gasteiger partial charge is 0.548 e. The van der Waals surface area contributed by atoms with E-state index in [1.807, 2.05) is 24.3 Å². The number of rotatable bonds is 8. The molecule has 10 heteroatoms. The standard InChI is InChI=1S/C27H28N4O6/c1-36-23-11-8-19(16-24(23)37-2)21-4-3-5-22(29-21)27(35)31-14-12-30(13-15-31)20-9-6-18(7-10-20)26(34)28-17-25(32)33/h3-11,16H,12-15,17H2,1-2H3,(H,28,34)(H,32,33)/p-1. The third kappa shape index (κ3) is 5.97. The van der Waals surface area contributed by atoms with Crippen molar-refractivity contribution in [2.75, 3.05) is 51.8 Å². The number of aromatic nitrogens is 1. The Morgan fingerprint density at radius 1 is 0.919 bits per heavy atom. The fourth-order valence-electron chi connectivity index (χ4n) is 4.12. The number of amides is 2. The molecule has 10 nitrogen and oxygen atoms in total. The number of nitrogens with one attached hydrogen (secondary N) is 1. The van der Waals surface area contributed by atoms with Crippen LogP contribution in [0.25, 0.3) is 11.3 Å². The minimum Gasteiger partial charge on any atom is -0.548 e. The molecule has 0 atom stereocenters. The van der Waals surface area contributed by atoms with Gasteiger partial charge in [0.1, 0.15) is 5.69 Å². The maximum atomic E-state index is 13.2. The number of pyridine rings is 1. The number of methoxy groups -OCH3 is 2. The van der Waals surface area contributed by atoms with Crippen LogP contribution in [0.4, 0.5) is 5.69 Å². The second-order valence-electron chi connectivity index (χ2n) is 8.36. The van der Waals surface area contributed by atoms with Crippen molar-refractivity contribution < 1.29 is 29.0 Å². The molecule has 0 radical (unpaired) electrons. The molecule has 0 aliphatic carbocycles. The van der Waals surface area contributed by atoms with Crippen molar-refractivity contribution in [1.82, 2.24) is 15.2 Å². The van der Waals surface area contributed by atoms with Crippen molar-refractivity contribution in [1.29, 1.82) is 0 Å². The molecule has 1 N–H and O–H groups in total. The maximum Gasteiger partial charge on any atom is 0.272 e. The summed E-state index contributed by atoms with van der Waals surface area (Å²) < 4.78 is 10.7. The number of carbonyl (C=O) groups excluding carboxylic acids is 3. The summed E-state index contributed by atoms with van der Waals surface area (Å²) in [7, 11) is 3.14. The van der Waals surface area contributed by atoms with E-state index >= 15 is 0 Å². The molecule has 0 spiro atoms. The lowest BCUT2D eigenvalue weighted by Crippen LogP contribution is -2.49. The number of hydrogen-bond acceptors (Lipinski definition) is 8. The van der Waals surface area contributed by atoms with Crippen molar-refractivity contribution in [3.8, 4) is 22.8 Å². The summed E-state index contributed by atoms with van der Waals surface area (Å²) in [5.41, 5.74) is 3.12. The molecule has 3 aromatic rings. The van der Waals surface area contributed by atoms with Gasteiger partial charge in [-0.25, -0.2) is 4.98 Å². The second-order valence-corrected chi connectivity index (χ2v) is 8.36. The SMILES string of the molecule is COc1ccc(-c2cccc(C(=O)N3CCN(c4ccc(C(=O)NCC(=O)[O-])cc4)CC3)n2)cc1OC. The predicted molar refractivity (Wildman–Crippen MR) is 135 cm³/mol. The molecule has 2 amide bonds. The first-order valence-electron chi connectivity index (χ1n) is 11.7. The summed E-state index contributed by atoms with van der Waals surface area (Å²) in [4.78, 5) is 44.2. The number of aliphatic carboxylic acids is 1. The quantitative estimate of drug-likeness (QED) is 0.487. The monoisotopic (exact) mass is 503 g/mol. The Morgan fingerprint density at radius 3 is 2.27 bits per heavy atom. The lowest BCUT2D eigenvalue weighted by Gasteiger charge is -2.36. The third-order valence-corrected chi connectivity index (χ3v) is 6.10. The minimum atomic E-state index is -1.35. The fourth-order valence-corrected chi connectivity index (χ4v) is 4.12. The molecule has 1 aliphatic heterocycles. The van der Waals surface area contributed by atoms with Crippen LogP contribution in [0.3, 0.4) is 0 Å². The number of carboxylic acid groups (broad SMARTS) is 1. The molecular formula is C27H27N4O6-. The van der Waals surface area contributed by atoms with Crippen LogP contribution in [0.1, 0.15) is 20.8 Å². The zero-order valence-corrected chi connectivity index (χ0v) is 20.6. The van der Waals surface area contributed by atoms with Gasteiger partial charge in [0.15, 0.2) is 11.5 Å². The first-order chi connectivity index (χ1) is 17.9. The molecule has 0 bridgehead atoms. The van der Waals surface area contributed by atoms with E-state index in [1.165, 1.54) is 0 Å². The third-order valence-electron chi connectivity index (χ3n) is 6.10. The molecular weight excluding hydrogens is 476 g/mol. The molecule has 192 valence electrons. The summed E-state index contributed by atoms with van der Waals surface area (Å²) in [5, 5.41) is 12.8. The first kappa shape index (κ1) is 25.5. The smallest absolute Gasteiger partial charge is 0.272 e. The molecule has 0 unspecified atom stereocenters. The Balaban J connectivity index is 1.38. The number of anilines is 1. The van der Waals surface area contributed by atoms with Gasteiger partial charge in [-0.1, -0.05) is 6.07 Å². The minimum absolute atomic E-state index is 0.137. The average Bonchev–Trinajstić information content (AvgIpc) is 2.95. The van der Waals surface area contributed by atoms with Gasteiger partial charge in [-0.05, 0) is 54.6 Å². The number of nitrogens with zero attached hydrogens (tertiary/aromatic N) is 3. The molecule has 1 fully saturated rings. The summed E-state index contributed by atoms with van der Waals surface area (Å²) in [5.74, 6) is -0.762. The summed E-state index contributed by atoms with van der Waals surface area (Å²) in [6.45, 7) is 1.75. The van der Waals surface area contributed by atoms with E-state index in [0.717, 1.165) is 11.3 Å². The number of benzene rings is 2. The van der Waals surface area contributed by atoms with Gasteiger partial charge in [-0.2, -0.15) is 0 Å². The van der Waals surface area contributed by atoms with Crippen LogP contribution >= 0.6 is 0 Å². The number of ether oxygens (including phenoxy) is 2. The van der Waals surface area contributed by atoms with Gasteiger partial charge in [-0.3, -0.25) is 9.59 Å². The highest BCUT2D eigenvalue weighted by Gasteiger charge is 2.24. The molecule has 1 aromatic heterocycles. The van der Waals surface area contributed by atoms with Crippen molar-refractivity contribution in [2.24, 2.45) is 0 Å². The first-order valence-corrected chi connectivity index (χ1v) is 11.7. The van der Waals surface area contributed by atoms with E-state index in [0.29, 0.717) is 54.6 Å². The van der Waals surface area contributed by atoms with E-state index in [-0.39, 0.29) is 5.91 Å². The van der Waals surface area contributed by atoms with Crippen LogP contribution < -0.4 is 24.8 Å². The summed E-state index contributed by atoms with van der Waals surface area (Å²) in [6.07, 6.45) is 0. The van der Waals surface area contributed by atoms with Crippen molar-refractivity contribution in [3.63, 3.8) is 0 Å². The topological polar surface area (TPSA) is 124 Å². The van der Waals surface area contributed by atoms with Gasteiger partial charge >= 0.3 is 0 Å². The van der Waals surface area contributed by atoms with Crippen molar-refractivity contribution in [2.45, 2.75) is 0 Å². The van der Waals surface area contributed by atoms with Crippen LogP contribution in [0.2, 0.25) is 0 Å². The Kier molecular flexibility index (Phi) is 7.87. The molecule has 37 heavy (non-hydrogen) atoms. The Hall–Kier alpha value is -4.60. The Bertz CT molecular complexity index is 1290. The molecule has 2 heterocycles. The Labute approximate surface area is 214 Å². The lowest BCUT2D eigenvalue weighted by molar-refractivity contribution is -0.303. The Morgan fingerprint density at radius 2 is 1.62 bits per heavy atom. The van der Waals surface area contributed by atoms with E-state index in [4.69, 9.17) is 9.47 Å². The zero-order chi connectivity index (χ0) is 26.4. The lowest BCUT2D eigenvalue weighted by atomic mass is 10.1. The maximum absolute atomic E-state index is 13.2. The van der Waals surface area contributed by atoms with Gasteiger partial charge in [-0.15, -0.1) is 0 Å². The number of carbonyl (C=O) groups is 3. The van der Waals surface area contributed by atoms with Crippen LogP contribution in [0, 0.1) is 0 Å². The normalized spacial score (nSPS) is 13.1. The van der Waals surface area contributed by atoms with Crippen molar-refractivity contribution >= 4 is 23.5 Å². The van der Waals surface area contributed by atoms with E-state index < -0.39 is 18.4 Å². The van der Waals surface area contributed by atoms with Gasteiger partial charge in [0.25, 0.3) is 11.8 Å². The van der Waals surface area contributed by atoms with E-state index in [2.05, 4.69) is 15.2 Å². The molecule has 1 aliphatic rings. The number of hydrogen-bond donors (Lipinski definition) is 1. The zero-order valence-electron chi connectivity index (χ0n) is 20.6. The van der Waals surface area contributed by atoms with Crippen LogP contribution in [0.5, 0.6) is 11.5 Å². The predicted octanol–water partition coefficient (Wildman–Crippen LogP) is 1.21. The van der Waals surface area contributed by atoms with Crippen LogP contribution in [-0.4, -0.2) is 74.6 Å². The van der Waals surface area contributed by atoms with Crippen LogP contribution in [0.15, 0.2) is 60.7 Å². The molecule has 1 saturated heterocycles. The van der Waals surface area contributed by atoms with Gasteiger partial charge in [0, 0.05) is 43.0 Å². The second kappa shape index (κ2) is 11.4. The molecule has 4 rings (SSSR count). The van der Waals surface area contributed by atoms with Crippen molar-refractivity contribution in [3.05, 3.63) is 71.9 Å². The number of piperazine rings is 1. The highest BCUT2D eigenvalue weighted by Crippen LogP contribution is 2.31. The van der Waals surface area contributed by atoms with E-state index in [1.54, 1.807) is 55.5 Å². The highest BCUT2D eigenvalue weighted by molar-refractivity contribution is 5.96. The van der Waals surface area contributed by atoms with E-state index in [9.17, 15) is 19.5 Å². The summed E-state index contributed by atoms with van der Waals surface area (Å²) in [6, 6.07) is 17.8. The van der Waals surface area contributed by atoms with Gasteiger partial charge in [0.2, 0.25) is 0 Å². The van der Waals surface area contributed by atoms with Crippen LogP contribution in [-0.2, 0) is 4.79 Å². The summed E-state index contributed by atoms with van der Waals surface area (Å²) >= 11 is 0. The van der Waals surface area contributed by atoms with Gasteiger partial charge < -0.3 is 34.5 Å². The molecule has 0 saturated carbocycles. The average molecular weight is 504 g/mol. The number of carboxylic acids is 1.